The Morgan fingerprint density at radius 3 is 2.79 bits per heavy atom. The maximum atomic E-state index is 4.74. The number of benzene rings is 1. The Morgan fingerprint density at radius 2 is 1.95 bits per heavy atom. The number of H-pyrrole nitrogens is 1. The molecule has 1 aromatic carbocycles. The first-order chi connectivity index (χ1) is 9.24. The predicted molar refractivity (Wildman–Crippen MR) is 78.6 cm³/mol. The summed E-state index contributed by atoms with van der Waals surface area (Å²) in [5, 5.41) is 1.19. The normalized spacial score (nSPS) is 12.2. The molecule has 3 aromatic heterocycles. The minimum atomic E-state index is 0.520. The Balaban J connectivity index is 2.16. The smallest absolute Gasteiger partial charge is 0.143 e. The van der Waals surface area contributed by atoms with Crippen molar-refractivity contribution in [3.05, 3.63) is 48.2 Å². The zero-order chi connectivity index (χ0) is 13.0. The molecule has 4 aromatic rings. The van der Waals surface area contributed by atoms with Gasteiger partial charge >= 0.3 is 0 Å². The average molecular weight is 249 g/mol. The van der Waals surface area contributed by atoms with Gasteiger partial charge in [0.15, 0.2) is 0 Å². The molecule has 0 aliphatic heterocycles. The highest BCUT2D eigenvalue weighted by Gasteiger charge is 2.11. The summed E-state index contributed by atoms with van der Waals surface area (Å²) in [6.07, 6.45) is 2.19. The van der Waals surface area contributed by atoms with E-state index < -0.39 is 0 Å². The molecule has 1 N–H and O–H groups in total. The Labute approximate surface area is 110 Å². The highest BCUT2D eigenvalue weighted by Crippen LogP contribution is 2.26. The van der Waals surface area contributed by atoms with E-state index in [2.05, 4.69) is 59.8 Å². The molecule has 0 bridgehead atoms. The van der Waals surface area contributed by atoms with Crippen molar-refractivity contribution in [2.75, 3.05) is 0 Å². The number of imidazole rings is 1. The van der Waals surface area contributed by atoms with Crippen molar-refractivity contribution in [1.29, 1.82) is 0 Å². The van der Waals surface area contributed by atoms with Gasteiger partial charge in [0.1, 0.15) is 16.8 Å². The van der Waals surface area contributed by atoms with Crippen LogP contribution >= 0.6 is 0 Å². The van der Waals surface area contributed by atoms with Crippen molar-refractivity contribution in [2.45, 2.75) is 19.8 Å². The minimum Gasteiger partial charge on any atom is -0.339 e. The Hall–Kier alpha value is -2.29. The van der Waals surface area contributed by atoms with Crippen LogP contribution in [0.3, 0.4) is 0 Å². The lowest BCUT2D eigenvalue weighted by Gasteiger charge is -2.05. The molecule has 0 spiro atoms. The van der Waals surface area contributed by atoms with E-state index in [1.165, 1.54) is 10.9 Å². The molecule has 4 rings (SSSR count). The van der Waals surface area contributed by atoms with E-state index >= 15 is 0 Å². The van der Waals surface area contributed by atoms with Crippen LogP contribution in [-0.4, -0.2) is 14.4 Å². The highest BCUT2D eigenvalue weighted by atomic mass is 15.1. The van der Waals surface area contributed by atoms with Crippen molar-refractivity contribution < 1.29 is 0 Å². The van der Waals surface area contributed by atoms with Crippen LogP contribution in [-0.2, 0) is 0 Å². The van der Waals surface area contributed by atoms with E-state index in [1.807, 2.05) is 6.07 Å². The molecule has 0 atom stereocenters. The fourth-order valence-corrected chi connectivity index (χ4v) is 2.64. The Kier molecular flexibility index (Phi) is 2.01. The number of hydrogen-bond acceptors (Lipinski definition) is 1. The lowest BCUT2D eigenvalue weighted by molar-refractivity contribution is 0.855. The molecule has 0 saturated carbocycles. The Morgan fingerprint density at radius 1 is 1.11 bits per heavy atom. The minimum absolute atomic E-state index is 0.520. The number of pyridine rings is 1. The lowest BCUT2D eigenvalue weighted by atomic mass is 10.1. The molecule has 0 radical (unpaired) electrons. The van der Waals surface area contributed by atoms with Crippen molar-refractivity contribution in [3.63, 3.8) is 0 Å². The van der Waals surface area contributed by atoms with Gasteiger partial charge in [-0.1, -0.05) is 38.1 Å². The third kappa shape index (κ3) is 1.41. The van der Waals surface area contributed by atoms with Crippen molar-refractivity contribution >= 4 is 27.7 Å². The molecule has 3 nitrogen and oxygen atoms in total. The largest absolute Gasteiger partial charge is 0.339 e. The summed E-state index contributed by atoms with van der Waals surface area (Å²) in [6, 6.07) is 12.6. The average Bonchev–Trinajstić information content (AvgIpc) is 2.94. The van der Waals surface area contributed by atoms with Crippen LogP contribution < -0.4 is 0 Å². The molecule has 94 valence electrons. The van der Waals surface area contributed by atoms with Gasteiger partial charge in [-0.15, -0.1) is 0 Å². The predicted octanol–water partition coefficient (Wildman–Crippen LogP) is 4.09. The molecule has 3 heterocycles. The molecular weight excluding hydrogens is 234 g/mol. The van der Waals surface area contributed by atoms with Gasteiger partial charge in [-0.3, -0.25) is 4.40 Å². The number of rotatable bonds is 1. The van der Waals surface area contributed by atoms with E-state index in [4.69, 9.17) is 4.98 Å². The first-order valence-corrected chi connectivity index (χ1v) is 6.62. The van der Waals surface area contributed by atoms with Gasteiger partial charge in [0.05, 0.1) is 0 Å². The summed E-state index contributed by atoms with van der Waals surface area (Å²) in [5.74, 6) is 0.520. The van der Waals surface area contributed by atoms with Gasteiger partial charge in [0.25, 0.3) is 0 Å². The van der Waals surface area contributed by atoms with Crippen LogP contribution in [0.25, 0.3) is 27.7 Å². The monoisotopic (exact) mass is 249 g/mol. The number of nitrogens with one attached hydrogen (secondary N) is 1. The zero-order valence-electron chi connectivity index (χ0n) is 11.0. The van der Waals surface area contributed by atoms with Crippen LogP contribution in [0.15, 0.2) is 42.6 Å². The molecule has 0 saturated heterocycles. The van der Waals surface area contributed by atoms with Gasteiger partial charge in [-0.25, -0.2) is 4.98 Å². The molecule has 0 aliphatic carbocycles. The first-order valence-electron chi connectivity index (χ1n) is 6.62. The van der Waals surface area contributed by atoms with Gasteiger partial charge in [0, 0.05) is 17.1 Å². The number of hydrogen-bond donors (Lipinski definition) is 1. The fourth-order valence-electron chi connectivity index (χ4n) is 2.64. The maximum Gasteiger partial charge on any atom is 0.143 e. The van der Waals surface area contributed by atoms with Gasteiger partial charge < -0.3 is 4.98 Å². The SMILES string of the molecule is CC(C)c1ccc2nc3c4ccccc4[nH]c3n2c1. The van der Waals surface area contributed by atoms with Crippen LogP contribution in [0.5, 0.6) is 0 Å². The second-order valence-electron chi connectivity index (χ2n) is 5.32. The number of aromatic amines is 1. The lowest BCUT2D eigenvalue weighted by Crippen LogP contribution is -1.92. The summed E-state index contributed by atoms with van der Waals surface area (Å²) >= 11 is 0. The van der Waals surface area contributed by atoms with Crippen LogP contribution in [0.2, 0.25) is 0 Å². The highest BCUT2D eigenvalue weighted by molar-refractivity contribution is 6.05. The van der Waals surface area contributed by atoms with Gasteiger partial charge in [-0.05, 0) is 23.6 Å². The zero-order valence-corrected chi connectivity index (χ0v) is 11.0. The number of nitrogens with zero attached hydrogens (tertiary/aromatic N) is 2. The number of aromatic nitrogens is 3. The third-order valence-corrected chi connectivity index (χ3v) is 3.74. The van der Waals surface area contributed by atoms with Gasteiger partial charge in [-0.2, -0.15) is 0 Å². The summed E-state index contributed by atoms with van der Waals surface area (Å²) in [7, 11) is 0. The molecule has 0 fully saturated rings. The first kappa shape index (κ1) is 10.6. The van der Waals surface area contributed by atoms with E-state index in [0.717, 1.165) is 22.3 Å². The van der Waals surface area contributed by atoms with Crippen LogP contribution in [0, 0.1) is 0 Å². The molecule has 3 heteroatoms. The van der Waals surface area contributed by atoms with E-state index in [9.17, 15) is 0 Å². The fraction of sp³-hybridized carbons (Fsp3) is 0.188. The van der Waals surface area contributed by atoms with E-state index in [-0.39, 0.29) is 0 Å². The van der Waals surface area contributed by atoms with Crippen LogP contribution in [0.1, 0.15) is 25.3 Å². The third-order valence-electron chi connectivity index (χ3n) is 3.74. The molecule has 19 heavy (non-hydrogen) atoms. The second-order valence-corrected chi connectivity index (χ2v) is 5.32. The quantitative estimate of drug-likeness (QED) is 0.541. The summed E-state index contributed by atoms with van der Waals surface area (Å²) < 4.78 is 2.16. The number of para-hydroxylation sites is 1. The van der Waals surface area contributed by atoms with Crippen molar-refractivity contribution in [3.8, 4) is 0 Å². The molecule has 0 amide bonds. The second kappa shape index (κ2) is 3.60. The van der Waals surface area contributed by atoms with Crippen molar-refractivity contribution in [1.82, 2.24) is 14.4 Å². The molecule has 0 unspecified atom stereocenters. The van der Waals surface area contributed by atoms with Crippen molar-refractivity contribution in [2.24, 2.45) is 0 Å². The number of fused-ring (bicyclic) bond motifs is 5. The van der Waals surface area contributed by atoms with E-state index in [1.54, 1.807) is 0 Å². The van der Waals surface area contributed by atoms with E-state index in [0.29, 0.717) is 5.92 Å². The summed E-state index contributed by atoms with van der Waals surface area (Å²) in [5.41, 5.74) is 5.60. The van der Waals surface area contributed by atoms with Gasteiger partial charge in [0.2, 0.25) is 0 Å². The maximum absolute atomic E-state index is 4.74. The summed E-state index contributed by atoms with van der Waals surface area (Å²) in [4.78, 5) is 8.20. The molecular formula is C16H15N3. The van der Waals surface area contributed by atoms with Crippen LogP contribution in [0.4, 0.5) is 0 Å². The molecule has 0 aliphatic rings. The Bertz CT molecular complexity index is 896. The summed E-state index contributed by atoms with van der Waals surface area (Å²) in [6.45, 7) is 4.42. The topological polar surface area (TPSA) is 33.1 Å². The standard InChI is InChI=1S/C16H15N3/c1-10(2)11-7-8-14-18-15-12-5-3-4-6-13(12)17-16(15)19(14)9-11/h3-10,17H,1-2H3.